The quantitative estimate of drug-likeness (QED) is 0.859. The Bertz CT molecular complexity index is 408. The van der Waals surface area contributed by atoms with Gasteiger partial charge in [-0.05, 0) is 37.3 Å². The highest BCUT2D eigenvalue weighted by Gasteiger charge is 2.24. The third-order valence-electron chi connectivity index (χ3n) is 4.06. The maximum absolute atomic E-state index is 12.1. The second kappa shape index (κ2) is 6.75. The van der Waals surface area contributed by atoms with Crippen LogP contribution in [0.3, 0.4) is 0 Å². The zero-order valence-corrected chi connectivity index (χ0v) is 11.7. The number of hydrogen-bond acceptors (Lipinski definition) is 3. The third-order valence-corrected chi connectivity index (χ3v) is 4.06. The highest BCUT2D eigenvalue weighted by Crippen LogP contribution is 2.27. The molecule has 0 aromatic carbocycles. The smallest absolute Gasteiger partial charge is 0.287 e. The average Bonchev–Trinajstić information content (AvgIpc) is 2.94. The van der Waals surface area contributed by atoms with Crippen molar-refractivity contribution < 1.29 is 9.21 Å². The first-order valence-corrected chi connectivity index (χ1v) is 7.34. The molecule has 106 valence electrons. The first-order valence-electron chi connectivity index (χ1n) is 7.34. The van der Waals surface area contributed by atoms with E-state index in [-0.39, 0.29) is 11.9 Å². The van der Waals surface area contributed by atoms with Crippen LogP contribution in [0.1, 0.15) is 61.8 Å². The van der Waals surface area contributed by atoms with Gasteiger partial charge in [-0.1, -0.05) is 26.2 Å². The van der Waals surface area contributed by atoms with Crippen molar-refractivity contribution in [3.8, 4) is 0 Å². The predicted octanol–water partition coefficient (Wildman–Crippen LogP) is 2.83. The van der Waals surface area contributed by atoms with Gasteiger partial charge in [0.05, 0.1) is 6.54 Å². The van der Waals surface area contributed by atoms with Gasteiger partial charge in [0.25, 0.3) is 5.91 Å². The molecule has 1 aliphatic rings. The van der Waals surface area contributed by atoms with Gasteiger partial charge in [-0.2, -0.15) is 0 Å². The van der Waals surface area contributed by atoms with Gasteiger partial charge < -0.3 is 15.5 Å². The fraction of sp³-hybridized carbons (Fsp3) is 0.667. The minimum Gasteiger partial charge on any atom is -0.455 e. The van der Waals surface area contributed by atoms with E-state index < -0.39 is 0 Å². The van der Waals surface area contributed by atoms with E-state index in [2.05, 4.69) is 12.2 Å². The fourth-order valence-electron chi connectivity index (χ4n) is 2.94. The molecule has 4 nitrogen and oxygen atoms in total. The summed E-state index contributed by atoms with van der Waals surface area (Å²) in [5.41, 5.74) is 5.48. The molecule has 19 heavy (non-hydrogen) atoms. The van der Waals surface area contributed by atoms with Gasteiger partial charge >= 0.3 is 0 Å². The second-order valence-corrected chi connectivity index (χ2v) is 5.36. The van der Waals surface area contributed by atoms with Crippen LogP contribution in [-0.2, 0) is 6.54 Å². The normalized spacial score (nSPS) is 18.2. The van der Waals surface area contributed by atoms with Crippen LogP contribution in [0.15, 0.2) is 16.5 Å². The minimum absolute atomic E-state index is 0.114. The van der Waals surface area contributed by atoms with Crippen molar-refractivity contribution in [1.29, 1.82) is 0 Å². The molecule has 0 bridgehead atoms. The average molecular weight is 264 g/mol. The Morgan fingerprint density at radius 1 is 1.42 bits per heavy atom. The number of rotatable bonds is 5. The van der Waals surface area contributed by atoms with Crippen LogP contribution in [0.4, 0.5) is 0 Å². The van der Waals surface area contributed by atoms with Crippen LogP contribution in [-0.4, -0.2) is 11.9 Å². The summed E-state index contributed by atoms with van der Waals surface area (Å²) in [5.74, 6) is 1.52. The highest BCUT2D eigenvalue weighted by atomic mass is 16.4. The summed E-state index contributed by atoms with van der Waals surface area (Å²) in [6.45, 7) is 2.46. The van der Waals surface area contributed by atoms with E-state index in [1.54, 1.807) is 12.1 Å². The van der Waals surface area contributed by atoms with Crippen LogP contribution in [0.2, 0.25) is 0 Å². The summed E-state index contributed by atoms with van der Waals surface area (Å²) in [5, 5.41) is 3.12. The van der Waals surface area contributed by atoms with Crippen molar-refractivity contribution in [3.05, 3.63) is 23.7 Å². The van der Waals surface area contributed by atoms with Crippen molar-refractivity contribution in [2.75, 3.05) is 0 Å². The molecular weight excluding hydrogens is 240 g/mol. The first kappa shape index (κ1) is 14.1. The maximum Gasteiger partial charge on any atom is 0.287 e. The molecule has 1 unspecified atom stereocenters. The molecule has 1 amide bonds. The van der Waals surface area contributed by atoms with E-state index in [0.717, 1.165) is 6.42 Å². The van der Waals surface area contributed by atoms with Crippen LogP contribution >= 0.6 is 0 Å². The Morgan fingerprint density at radius 3 is 2.74 bits per heavy atom. The summed E-state index contributed by atoms with van der Waals surface area (Å²) in [6.07, 6.45) is 7.33. The molecule has 1 aliphatic carbocycles. The maximum atomic E-state index is 12.1. The number of carbonyl (C=O) groups excluding carboxylic acids is 1. The van der Waals surface area contributed by atoms with E-state index >= 15 is 0 Å². The van der Waals surface area contributed by atoms with Gasteiger partial charge in [-0.25, -0.2) is 0 Å². The lowest BCUT2D eigenvalue weighted by Crippen LogP contribution is -2.40. The number of hydrogen-bond donors (Lipinski definition) is 2. The molecule has 1 heterocycles. The standard InChI is InChI=1S/C15H24N2O2/c1-2-13(11-6-4-3-5-7-11)17-15(18)14-9-8-12(10-16)19-14/h8-9,11,13H,2-7,10,16H2,1H3,(H,17,18). The highest BCUT2D eigenvalue weighted by molar-refractivity contribution is 5.91. The largest absolute Gasteiger partial charge is 0.455 e. The monoisotopic (exact) mass is 264 g/mol. The molecule has 1 aromatic heterocycles. The Morgan fingerprint density at radius 2 is 2.16 bits per heavy atom. The fourth-order valence-corrected chi connectivity index (χ4v) is 2.94. The lowest BCUT2D eigenvalue weighted by Gasteiger charge is -2.30. The van der Waals surface area contributed by atoms with Crippen LogP contribution in [0.5, 0.6) is 0 Å². The Kier molecular flexibility index (Phi) is 5.02. The van der Waals surface area contributed by atoms with Crippen molar-refractivity contribution in [1.82, 2.24) is 5.32 Å². The SMILES string of the molecule is CCC(NC(=O)c1ccc(CN)o1)C1CCCCC1. The second-order valence-electron chi connectivity index (χ2n) is 5.36. The molecular formula is C15H24N2O2. The molecule has 3 N–H and O–H groups in total. The molecule has 1 aromatic rings. The molecule has 1 atom stereocenters. The van der Waals surface area contributed by atoms with Gasteiger partial charge in [0, 0.05) is 6.04 Å². The van der Waals surface area contributed by atoms with E-state index in [4.69, 9.17) is 10.2 Å². The van der Waals surface area contributed by atoms with Gasteiger partial charge in [-0.15, -0.1) is 0 Å². The Hall–Kier alpha value is -1.29. The van der Waals surface area contributed by atoms with Crippen LogP contribution in [0.25, 0.3) is 0 Å². The predicted molar refractivity (Wildman–Crippen MR) is 74.7 cm³/mol. The lowest BCUT2D eigenvalue weighted by molar-refractivity contribution is 0.0881. The number of furan rings is 1. The Labute approximate surface area is 114 Å². The van der Waals surface area contributed by atoms with Crippen molar-refractivity contribution in [2.24, 2.45) is 11.7 Å². The molecule has 1 fully saturated rings. The first-order chi connectivity index (χ1) is 9.24. The number of carbonyl (C=O) groups is 1. The zero-order chi connectivity index (χ0) is 13.7. The summed E-state index contributed by atoms with van der Waals surface area (Å²) in [4.78, 5) is 12.1. The summed E-state index contributed by atoms with van der Waals surface area (Å²) >= 11 is 0. The molecule has 0 saturated heterocycles. The number of nitrogens with one attached hydrogen (secondary N) is 1. The topological polar surface area (TPSA) is 68.3 Å². The van der Waals surface area contributed by atoms with E-state index in [1.807, 2.05) is 0 Å². The summed E-state index contributed by atoms with van der Waals surface area (Å²) in [7, 11) is 0. The van der Waals surface area contributed by atoms with Crippen molar-refractivity contribution in [2.45, 2.75) is 58.0 Å². The minimum atomic E-state index is -0.114. The van der Waals surface area contributed by atoms with Gasteiger partial charge in [0.15, 0.2) is 5.76 Å². The van der Waals surface area contributed by atoms with Gasteiger partial charge in [-0.3, -0.25) is 4.79 Å². The lowest BCUT2D eigenvalue weighted by atomic mass is 9.83. The molecule has 0 radical (unpaired) electrons. The van der Waals surface area contributed by atoms with Crippen LogP contribution < -0.4 is 11.1 Å². The summed E-state index contributed by atoms with van der Waals surface area (Å²) < 4.78 is 5.39. The summed E-state index contributed by atoms with van der Waals surface area (Å²) in [6, 6.07) is 3.72. The molecule has 0 aliphatic heterocycles. The Balaban J connectivity index is 1.95. The van der Waals surface area contributed by atoms with Gasteiger partial charge in [0.2, 0.25) is 0 Å². The number of nitrogens with two attached hydrogens (primary N) is 1. The van der Waals surface area contributed by atoms with Gasteiger partial charge in [0.1, 0.15) is 5.76 Å². The van der Waals surface area contributed by atoms with Crippen molar-refractivity contribution in [3.63, 3.8) is 0 Å². The molecule has 1 saturated carbocycles. The zero-order valence-electron chi connectivity index (χ0n) is 11.7. The van der Waals surface area contributed by atoms with E-state index in [9.17, 15) is 4.79 Å². The van der Waals surface area contributed by atoms with Crippen molar-refractivity contribution >= 4 is 5.91 Å². The molecule has 4 heteroatoms. The molecule has 2 rings (SSSR count). The van der Waals surface area contributed by atoms with E-state index in [1.165, 1.54) is 32.1 Å². The number of amides is 1. The molecule has 0 spiro atoms. The van der Waals surface area contributed by atoms with E-state index in [0.29, 0.717) is 24.0 Å². The van der Waals surface area contributed by atoms with Crippen LogP contribution in [0, 0.1) is 5.92 Å². The third kappa shape index (κ3) is 3.60.